The van der Waals surface area contributed by atoms with Crippen molar-refractivity contribution in [3.05, 3.63) is 0 Å². The van der Waals surface area contributed by atoms with Gasteiger partial charge in [0.25, 0.3) is 0 Å². The number of carbonyl (C=O) groups excluding carboxylic acids is 1. The molecule has 1 aliphatic rings. The Morgan fingerprint density at radius 2 is 1.53 bits per heavy atom. The molecule has 0 saturated carbocycles. The second-order valence-corrected chi connectivity index (χ2v) is 8.66. The van der Waals surface area contributed by atoms with Gasteiger partial charge in [0, 0.05) is 19.5 Å². The molecule has 1 amide bonds. The largest absolute Gasteiger partial charge is 0.343 e. The lowest BCUT2D eigenvalue weighted by atomic mass is 9.83. The van der Waals surface area contributed by atoms with Crippen molar-refractivity contribution >= 4 is 5.91 Å². The zero-order valence-corrected chi connectivity index (χ0v) is 13.9. The minimum atomic E-state index is 0.111. The molecular formula is C17H33NO. The summed E-state index contributed by atoms with van der Waals surface area (Å²) in [5, 5.41) is 0. The minimum Gasteiger partial charge on any atom is -0.343 e. The number of piperidine rings is 1. The molecule has 0 N–H and O–H groups in total. The topological polar surface area (TPSA) is 20.3 Å². The predicted octanol–water partition coefficient (Wildman–Crippen LogP) is 4.49. The average molecular weight is 267 g/mol. The summed E-state index contributed by atoms with van der Waals surface area (Å²) in [4.78, 5) is 14.2. The van der Waals surface area contributed by atoms with Gasteiger partial charge < -0.3 is 4.90 Å². The van der Waals surface area contributed by atoms with E-state index in [1.807, 2.05) is 0 Å². The van der Waals surface area contributed by atoms with Crippen molar-refractivity contribution in [3.8, 4) is 0 Å². The van der Waals surface area contributed by atoms with Gasteiger partial charge in [-0.25, -0.2) is 0 Å². The highest BCUT2D eigenvalue weighted by atomic mass is 16.2. The van der Waals surface area contributed by atoms with Crippen molar-refractivity contribution in [2.45, 2.75) is 73.6 Å². The summed E-state index contributed by atoms with van der Waals surface area (Å²) in [7, 11) is 0. The first-order valence-electron chi connectivity index (χ1n) is 7.85. The number of hydrogen-bond acceptors (Lipinski definition) is 1. The van der Waals surface area contributed by atoms with Crippen LogP contribution in [0.2, 0.25) is 0 Å². The molecule has 0 bridgehead atoms. The third-order valence-electron chi connectivity index (χ3n) is 3.95. The van der Waals surface area contributed by atoms with E-state index in [1.165, 1.54) is 25.7 Å². The Morgan fingerprint density at radius 3 is 1.95 bits per heavy atom. The highest BCUT2D eigenvalue weighted by Crippen LogP contribution is 2.29. The molecule has 0 atom stereocenters. The smallest absolute Gasteiger partial charge is 0.223 e. The van der Waals surface area contributed by atoms with Crippen LogP contribution in [0.1, 0.15) is 73.6 Å². The van der Waals surface area contributed by atoms with Crippen LogP contribution in [0.3, 0.4) is 0 Å². The molecule has 1 saturated heterocycles. The minimum absolute atomic E-state index is 0.111. The first-order valence-corrected chi connectivity index (χ1v) is 7.85. The Kier molecular flexibility index (Phi) is 5.46. The van der Waals surface area contributed by atoms with E-state index in [4.69, 9.17) is 0 Å². The first-order chi connectivity index (χ1) is 8.57. The summed E-state index contributed by atoms with van der Waals surface area (Å²) in [6.07, 6.45) is 5.70. The quantitative estimate of drug-likeness (QED) is 0.738. The van der Waals surface area contributed by atoms with Crippen LogP contribution < -0.4 is 0 Å². The third kappa shape index (κ3) is 6.98. The molecule has 0 aromatic carbocycles. The summed E-state index contributed by atoms with van der Waals surface area (Å²) in [6, 6.07) is 0. The molecule has 1 fully saturated rings. The molecule has 0 spiro atoms. The monoisotopic (exact) mass is 267 g/mol. The van der Waals surface area contributed by atoms with Crippen LogP contribution in [0, 0.1) is 16.7 Å². The Bertz CT molecular complexity index is 287. The lowest BCUT2D eigenvalue weighted by Crippen LogP contribution is -2.40. The van der Waals surface area contributed by atoms with E-state index in [2.05, 4.69) is 46.4 Å². The van der Waals surface area contributed by atoms with Gasteiger partial charge in [-0.1, -0.05) is 41.5 Å². The molecule has 0 aliphatic carbocycles. The van der Waals surface area contributed by atoms with Gasteiger partial charge in [0.05, 0.1) is 0 Å². The Hall–Kier alpha value is -0.530. The van der Waals surface area contributed by atoms with E-state index in [1.54, 1.807) is 0 Å². The van der Waals surface area contributed by atoms with Gasteiger partial charge in [0.1, 0.15) is 0 Å². The van der Waals surface area contributed by atoms with Crippen LogP contribution in [0.4, 0.5) is 0 Å². The molecule has 19 heavy (non-hydrogen) atoms. The molecule has 0 aromatic rings. The maximum Gasteiger partial charge on any atom is 0.223 e. The van der Waals surface area contributed by atoms with Crippen LogP contribution in [0.25, 0.3) is 0 Å². The number of hydrogen-bond donors (Lipinski definition) is 0. The maximum atomic E-state index is 12.2. The van der Waals surface area contributed by atoms with Crippen LogP contribution in [-0.4, -0.2) is 23.9 Å². The molecule has 1 rings (SSSR count). The zero-order valence-electron chi connectivity index (χ0n) is 13.9. The second-order valence-electron chi connectivity index (χ2n) is 8.66. The van der Waals surface area contributed by atoms with E-state index < -0.39 is 0 Å². The fourth-order valence-corrected chi connectivity index (χ4v) is 2.67. The Morgan fingerprint density at radius 1 is 1.00 bits per heavy atom. The zero-order chi connectivity index (χ0) is 14.7. The molecule has 112 valence electrons. The summed E-state index contributed by atoms with van der Waals surface area (Å²) in [5.74, 6) is 1.18. The summed E-state index contributed by atoms with van der Waals surface area (Å²) >= 11 is 0. The first kappa shape index (κ1) is 16.5. The molecule has 0 unspecified atom stereocenters. The van der Waals surface area contributed by atoms with Gasteiger partial charge in [-0.05, 0) is 42.4 Å². The number of likely N-dealkylation sites (tertiary alicyclic amines) is 1. The molecule has 0 radical (unpaired) electrons. The van der Waals surface area contributed by atoms with E-state index in [0.29, 0.717) is 17.7 Å². The van der Waals surface area contributed by atoms with Gasteiger partial charge in [0.2, 0.25) is 5.91 Å². The van der Waals surface area contributed by atoms with Gasteiger partial charge in [0.15, 0.2) is 0 Å². The average Bonchev–Trinajstić information content (AvgIpc) is 2.23. The number of rotatable bonds is 3. The van der Waals surface area contributed by atoms with Gasteiger partial charge >= 0.3 is 0 Å². The lowest BCUT2D eigenvalue weighted by molar-refractivity contribution is -0.134. The van der Waals surface area contributed by atoms with Crippen molar-refractivity contribution in [2.24, 2.45) is 16.7 Å². The fourth-order valence-electron chi connectivity index (χ4n) is 2.67. The maximum absolute atomic E-state index is 12.2. The third-order valence-corrected chi connectivity index (χ3v) is 3.95. The SMILES string of the molecule is CC(C)(C)CCC1CCN(C(=O)CC(C)(C)C)CC1. The summed E-state index contributed by atoms with van der Waals surface area (Å²) in [6.45, 7) is 15.3. The van der Waals surface area contributed by atoms with Crippen molar-refractivity contribution in [3.63, 3.8) is 0 Å². The van der Waals surface area contributed by atoms with E-state index in [-0.39, 0.29) is 5.41 Å². The fraction of sp³-hybridized carbons (Fsp3) is 0.941. The van der Waals surface area contributed by atoms with Gasteiger partial charge in [-0.2, -0.15) is 0 Å². The normalized spacial score (nSPS) is 18.7. The van der Waals surface area contributed by atoms with E-state index in [9.17, 15) is 4.79 Å². The van der Waals surface area contributed by atoms with Crippen molar-refractivity contribution in [2.75, 3.05) is 13.1 Å². The summed E-state index contributed by atoms with van der Waals surface area (Å²) < 4.78 is 0. The van der Waals surface area contributed by atoms with E-state index >= 15 is 0 Å². The number of nitrogens with zero attached hydrogens (tertiary/aromatic N) is 1. The van der Waals surface area contributed by atoms with E-state index in [0.717, 1.165) is 19.0 Å². The second kappa shape index (κ2) is 6.28. The molecule has 2 heteroatoms. The molecule has 2 nitrogen and oxygen atoms in total. The standard InChI is InChI=1S/C17H33NO/c1-16(2,3)10-7-14-8-11-18(12-9-14)15(19)13-17(4,5)6/h14H,7-13H2,1-6H3. The van der Waals surface area contributed by atoms with Gasteiger partial charge in [-0.3, -0.25) is 4.79 Å². The van der Waals surface area contributed by atoms with Crippen molar-refractivity contribution in [1.82, 2.24) is 4.90 Å². The van der Waals surface area contributed by atoms with Crippen LogP contribution >= 0.6 is 0 Å². The van der Waals surface area contributed by atoms with Crippen LogP contribution in [0.5, 0.6) is 0 Å². The Balaban J connectivity index is 2.31. The molecule has 1 aliphatic heterocycles. The lowest BCUT2D eigenvalue weighted by Gasteiger charge is -2.34. The highest BCUT2D eigenvalue weighted by Gasteiger charge is 2.26. The Labute approximate surface area is 119 Å². The summed E-state index contributed by atoms with van der Waals surface area (Å²) in [5.41, 5.74) is 0.555. The van der Waals surface area contributed by atoms with Gasteiger partial charge in [-0.15, -0.1) is 0 Å². The predicted molar refractivity (Wildman–Crippen MR) is 82.1 cm³/mol. The highest BCUT2D eigenvalue weighted by molar-refractivity contribution is 5.76. The number of amides is 1. The molecule has 1 heterocycles. The molecular weight excluding hydrogens is 234 g/mol. The molecule has 0 aromatic heterocycles. The number of carbonyl (C=O) groups is 1. The van der Waals surface area contributed by atoms with Crippen molar-refractivity contribution in [1.29, 1.82) is 0 Å². The van der Waals surface area contributed by atoms with Crippen molar-refractivity contribution < 1.29 is 4.79 Å². The van der Waals surface area contributed by atoms with Crippen LogP contribution in [0.15, 0.2) is 0 Å². The van der Waals surface area contributed by atoms with Crippen LogP contribution in [-0.2, 0) is 4.79 Å².